The van der Waals surface area contributed by atoms with Crippen molar-refractivity contribution in [3.8, 4) is 0 Å². The number of tetrazole rings is 1. The second-order valence-electron chi connectivity index (χ2n) is 4.96. The topological polar surface area (TPSA) is 64.9 Å². The van der Waals surface area contributed by atoms with Crippen molar-refractivity contribution in [1.82, 2.24) is 25.5 Å². The lowest BCUT2D eigenvalue weighted by Crippen LogP contribution is -2.26. The molecule has 17 heavy (non-hydrogen) atoms. The van der Waals surface area contributed by atoms with Crippen LogP contribution in [0.3, 0.4) is 0 Å². The lowest BCUT2D eigenvalue weighted by atomic mass is 10.1. The summed E-state index contributed by atoms with van der Waals surface area (Å²) in [7, 11) is 1.71. The van der Waals surface area contributed by atoms with E-state index >= 15 is 0 Å². The number of hydrogen-bond donors (Lipinski definition) is 1. The van der Waals surface area contributed by atoms with Crippen LogP contribution in [0.25, 0.3) is 0 Å². The highest BCUT2D eigenvalue weighted by atomic mass is 16.5. The van der Waals surface area contributed by atoms with Crippen LogP contribution in [0.1, 0.15) is 38.6 Å². The molecule has 0 aliphatic heterocycles. The molecule has 1 aliphatic carbocycles. The van der Waals surface area contributed by atoms with Crippen LogP contribution in [0.2, 0.25) is 0 Å². The molecule has 6 heteroatoms. The van der Waals surface area contributed by atoms with Crippen LogP contribution in [0, 0.1) is 5.92 Å². The van der Waals surface area contributed by atoms with E-state index in [-0.39, 0.29) is 6.04 Å². The average molecular weight is 239 g/mol. The predicted octanol–water partition coefficient (Wildman–Crippen LogP) is 0.769. The highest BCUT2D eigenvalue weighted by Gasteiger charge is 2.24. The first-order chi connectivity index (χ1) is 8.22. The Morgan fingerprint density at radius 1 is 1.47 bits per heavy atom. The van der Waals surface area contributed by atoms with Gasteiger partial charge in [0.05, 0.1) is 19.2 Å². The fourth-order valence-corrected chi connectivity index (χ4v) is 1.83. The first kappa shape index (κ1) is 12.4. The summed E-state index contributed by atoms with van der Waals surface area (Å²) in [4.78, 5) is 0. The monoisotopic (exact) mass is 239 g/mol. The van der Waals surface area contributed by atoms with Crippen LogP contribution in [0.15, 0.2) is 0 Å². The van der Waals surface area contributed by atoms with Crippen LogP contribution in [0.5, 0.6) is 0 Å². The highest BCUT2D eigenvalue weighted by Crippen LogP contribution is 2.20. The van der Waals surface area contributed by atoms with Crippen molar-refractivity contribution in [2.75, 3.05) is 13.7 Å². The Bertz CT molecular complexity index is 347. The lowest BCUT2D eigenvalue weighted by Gasteiger charge is -2.21. The van der Waals surface area contributed by atoms with Crippen LogP contribution in [-0.4, -0.2) is 40.0 Å². The molecule has 0 bridgehead atoms. The minimum Gasteiger partial charge on any atom is -0.382 e. The first-order valence-corrected chi connectivity index (χ1v) is 6.21. The minimum absolute atomic E-state index is 0.200. The summed E-state index contributed by atoms with van der Waals surface area (Å²) in [5.41, 5.74) is 0. The van der Waals surface area contributed by atoms with Gasteiger partial charge >= 0.3 is 0 Å². The number of ether oxygens (including phenoxy) is 1. The SMILES string of the molecule is COCC(C(C)C)n1nnnc1CNC1CC1. The molecule has 0 radical (unpaired) electrons. The van der Waals surface area contributed by atoms with Crippen molar-refractivity contribution in [1.29, 1.82) is 0 Å². The van der Waals surface area contributed by atoms with E-state index in [0.29, 0.717) is 18.6 Å². The molecule has 1 aliphatic rings. The smallest absolute Gasteiger partial charge is 0.165 e. The van der Waals surface area contributed by atoms with E-state index < -0.39 is 0 Å². The van der Waals surface area contributed by atoms with Gasteiger partial charge < -0.3 is 10.1 Å². The van der Waals surface area contributed by atoms with Crippen molar-refractivity contribution < 1.29 is 4.74 Å². The molecule has 1 N–H and O–H groups in total. The van der Waals surface area contributed by atoms with Gasteiger partial charge in [-0.05, 0) is 29.2 Å². The molecular weight excluding hydrogens is 218 g/mol. The van der Waals surface area contributed by atoms with Crippen molar-refractivity contribution in [2.24, 2.45) is 5.92 Å². The molecule has 1 heterocycles. The van der Waals surface area contributed by atoms with Crippen LogP contribution < -0.4 is 5.32 Å². The zero-order valence-electron chi connectivity index (χ0n) is 10.8. The fraction of sp³-hybridized carbons (Fsp3) is 0.909. The Kier molecular flexibility index (Phi) is 4.06. The molecule has 1 aromatic rings. The summed E-state index contributed by atoms with van der Waals surface area (Å²) in [5.74, 6) is 1.34. The van der Waals surface area contributed by atoms with Crippen molar-refractivity contribution in [2.45, 2.75) is 45.3 Å². The molecule has 1 saturated carbocycles. The average Bonchev–Trinajstić information content (AvgIpc) is 3.02. The molecule has 0 aromatic carbocycles. The first-order valence-electron chi connectivity index (χ1n) is 6.21. The van der Waals surface area contributed by atoms with Crippen molar-refractivity contribution in [3.63, 3.8) is 0 Å². The normalized spacial score (nSPS) is 17.6. The third-order valence-corrected chi connectivity index (χ3v) is 3.11. The van der Waals surface area contributed by atoms with Crippen LogP contribution >= 0.6 is 0 Å². The Labute approximate surface area is 102 Å². The van der Waals surface area contributed by atoms with E-state index in [1.165, 1.54) is 12.8 Å². The molecule has 1 aromatic heterocycles. The van der Waals surface area contributed by atoms with Crippen LogP contribution in [0.4, 0.5) is 0 Å². The van der Waals surface area contributed by atoms with E-state index in [9.17, 15) is 0 Å². The Balaban J connectivity index is 2.03. The second-order valence-corrected chi connectivity index (χ2v) is 4.96. The maximum Gasteiger partial charge on any atom is 0.165 e. The molecule has 1 fully saturated rings. The number of nitrogens with zero attached hydrogens (tertiary/aromatic N) is 4. The van der Waals surface area contributed by atoms with Gasteiger partial charge in [-0.15, -0.1) is 5.10 Å². The number of methoxy groups -OCH3 is 1. The van der Waals surface area contributed by atoms with Gasteiger partial charge in [0.1, 0.15) is 0 Å². The van der Waals surface area contributed by atoms with E-state index in [2.05, 4.69) is 34.7 Å². The van der Waals surface area contributed by atoms with E-state index in [4.69, 9.17) is 4.74 Å². The molecule has 1 atom stereocenters. The van der Waals surface area contributed by atoms with Crippen molar-refractivity contribution in [3.05, 3.63) is 5.82 Å². The maximum absolute atomic E-state index is 5.25. The predicted molar refractivity (Wildman–Crippen MR) is 63.4 cm³/mol. The van der Waals surface area contributed by atoms with E-state index in [1.54, 1.807) is 7.11 Å². The van der Waals surface area contributed by atoms with Gasteiger partial charge in [0.25, 0.3) is 0 Å². The van der Waals surface area contributed by atoms with Gasteiger partial charge in [0.2, 0.25) is 0 Å². The van der Waals surface area contributed by atoms with Crippen LogP contribution in [-0.2, 0) is 11.3 Å². The van der Waals surface area contributed by atoms with E-state index in [1.807, 2.05) is 4.68 Å². The van der Waals surface area contributed by atoms with Gasteiger partial charge in [-0.2, -0.15) is 0 Å². The molecular formula is C11H21N5O. The highest BCUT2D eigenvalue weighted by molar-refractivity contribution is 4.89. The van der Waals surface area contributed by atoms with Gasteiger partial charge in [0, 0.05) is 13.2 Å². The minimum atomic E-state index is 0.200. The summed E-state index contributed by atoms with van der Waals surface area (Å²) < 4.78 is 7.14. The zero-order valence-corrected chi connectivity index (χ0v) is 10.8. The fourth-order valence-electron chi connectivity index (χ4n) is 1.83. The number of rotatable bonds is 7. The molecule has 2 rings (SSSR count). The number of nitrogens with one attached hydrogen (secondary N) is 1. The number of aromatic nitrogens is 4. The Morgan fingerprint density at radius 2 is 2.24 bits per heavy atom. The van der Waals surface area contributed by atoms with E-state index in [0.717, 1.165) is 12.4 Å². The Hall–Kier alpha value is -1.01. The summed E-state index contributed by atoms with van der Waals surface area (Å²) in [6.07, 6.45) is 2.54. The van der Waals surface area contributed by atoms with Gasteiger partial charge in [-0.3, -0.25) is 0 Å². The quantitative estimate of drug-likeness (QED) is 0.761. The third kappa shape index (κ3) is 3.23. The summed E-state index contributed by atoms with van der Waals surface area (Å²) >= 11 is 0. The molecule has 96 valence electrons. The third-order valence-electron chi connectivity index (χ3n) is 3.11. The molecule has 0 saturated heterocycles. The van der Waals surface area contributed by atoms with Gasteiger partial charge in [-0.25, -0.2) is 4.68 Å². The maximum atomic E-state index is 5.25. The number of hydrogen-bond acceptors (Lipinski definition) is 5. The van der Waals surface area contributed by atoms with Gasteiger partial charge in [0.15, 0.2) is 5.82 Å². The second kappa shape index (κ2) is 5.55. The largest absolute Gasteiger partial charge is 0.382 e. The standard InChI is InChI=1S/C11H21N5O/c1-8(2)10(7-17-3)16-11(13-14-15-16)6-12-9-4-5-9/h8-10,12H,4-7H2,1-3H3. The molecule has 6 nitrogen and oxygen atoms in total. The summed E-state index contributed by atoms with van der Waals surface area (Å²) in [5, 5.41) is 15.4. The summed E-state index contributed by atoms with van der Waals surface area (Å²) in [6, 6.07) is 0.867. The molecule has 0 amide bonds. The summed E-state index contributed by atoms with van der Waals surface area (Å²) in [6.45, 7) is 5.69. The molecule has 0 spiro atoms. The van der Waals surface area contributed by atoms with Gasteiger partial charge in [-0.1, -0.05) is 13.8 Å². The Morgan fingerprint density at radius 3 is 2.82 bits per heavy atom. The van der Waals surface area contributed by atoms with Crippen molar-refractivity contribution >= 4 is 0 Å². The molecule has 1 unspecified atom stereocenters. The zero-order chi connectivity index (χ0) is 12.3. The lowest BCUT2D eigenvalue weighted by molar-refractivity contribution is 0.123.